The molecule has 1 saturated carbocycles. The van der Waals surface area contributed by atoms with Crippen LogP contribution in [0.4, 0.5) is 0 Å². The molecule has 0 aromatic carbocycles. The molecule has 2 unspecified atom stereocenters. The predicted molar refractivity (Wildman–Crippen MR) is 71.9 cm³/mol. The Kier molecular flexibility index (Phi) is 4.18. The van der Waals surface area contributed by atoms with Gasteiger partial charge >= 0.3 is 0 Å². The van der Waals surface area contributed by atoms with Crippen LogP contribution in [0, 0.1) is 17.2 Å². The predicted octanol–water partition coefficient (Wildman–Crippen LogP) is 2.57. The minimum atomic E-state index is 0.0496. The van der Waals surface area contributed by atoms with Gasteiger partial charge in [0.2, 0.25) is 5.88 Å². The first-order chi connectivity index (χ1) is 8.65. The summed E-state index contributed by atoms with van der Waals surface area (Å²) in [6, 6.07) is 3.45. The summed E-state index contributed by atoms with van der Waals surface area (Å²) in [7, 11) is 0. The van der Waals surface area contributed by atoms with Crippen LogP contribution in [-0.2, 0) is 0 Å². The molecule has 0 radical (unpaired) electrons. The zero-order valence-corrected chi connectivity index (χ0v) is 10.9. The zero-order chi connectivity index (χ0) is 13.0. The summed E-state index contributed by atoms with van der Waals surface area (Å²) in [5, 5.41) is 7.38. The molecule has 1 aliphatic carbocycles. The summed E-state index contributed by atoms with van der Waals surface area (Å²) in [6.07, 6.45) is 6.77. The van der Waals surface area contributed by atoms with Gasteiger partial charge in [0, 0.05) is 17.8 Å². The lowest BCUT2D eigenvalue weighted by molar-refractivity contribution is 0.177. The summed E-state index contributed by atoms with van der Waals surface area (Å²) >= 11 is 0. The molecular weight excluding hydrogens is 226 g/mol. The van der Waals surface area contributed by atoms with Crippen LogP contribution in [0.2, 0.25) is 0 Å². The van der Waals surface area contributed by atoms with Crippen molar-refractivity contribution < 1.29 is 4.74 Å². The van der Waals surface area contributed by atoms with Crippen LogP contribution in [0.25, 0.3) is 0 Å². The molecule has 0 spiro atoms. The molecule has 1 heterocycles. The Balaban J connectivity index is 1.89. The number of amidine groups is 1. The highest BCUT2D eigenvalue weighted by molar-refractivity contribution is 5.95. The van der Waals surface area contributed by atoms with Gasteiger partial charge in [0.15, 0.2) is 0 Å². The van der Waals surface area contributed by atoms with Crippen LogP contribution in [0.1, 0.15) is 38.2 Å². The third kappa shape index (κ3) is 3.45. The number of nitrogens with two attached hydrogens (primary N) is 1. The van der Waals surface area contributed by atoms with Gasteiger partial charge in [0.05, 0.1) is 6.61 Å². The largest absolute Gasteiger partial charge is 0.477 e. The monoisotopic (exact) mass is 247 g/mol. The molecule has 1 aliphatic rings. The summed E-state index contributed by atoms with van der Waals surface area (Å²) in [4.78, 5) is 4.15. The molecule has 4 heteroatoms. The molecule has 2 rings (SSSR count). The van der Waals surface area contributed by atoms with Crippen molar-refractivity contribution in [1.82, 2.24) is 4.98 Å². The van der Waals surface area contributed by atoms with Crippen molar-refractivity contribution in [3.05, 3.63) is 23.9 Å². The van der Waals surface area contributed by atoms with Crippen LogP contribution in [0.5, 0.6) is 5.88 Å². The maximum atomic E-state index is 7.38. The Hall–Kier alpha value is -1.58. The van der Waals surface area contributed by atoms with Gasteiger partial charge in [-0.15, -0.1) is 0 Å². The summed E-state index contributed by atoms with van der Waals surface area (Å²) in [5.74, 6) is 2.06. The van der Waals surface area contributed by atoms with E-state index < -0.39 is 0 Å². The summed E-state index contributed by atoms with van der Waals surface area (Å²) < 4.78 is 5.72. The van der Waals surface area contributed by atoms with Crippen molar-refractivity contribution >= 4 is 5.84 Å². The van der Waals surface area contributed by atoms with Crippen molar-refractivity contribution in [3.8, 4) is 5.88 Å². The molecule has 18 heavy (non-hydrogen) atoms. The van der Waals surface area contributed by atoms with E-state index in [9.17, 15) is 0 Å². The maximum Gasteiger partial charge on any atom is 0.213 e. The number of aromatic nitrogens is 1. The molecule has 1 aromatic rings. The van der Waals surface area contributed by atoms with Crippen molar-refractivity contribution in [2.75, 3.05) is 6.61 Å². The highest BCUT2D eigenvalue weighted by Crippen LogP contribution is 2.28. The van der Waals surface area contributed by atoms with E-state index in [0.29, 0.717) is 17.4 Å². The van der Waals surface area contributed by atoms with E-state index in [1.54, 1.807) is 18.3 Å². The fraction of sp³-hybridized carbons (Fsp3) is 0.571. The number of rotatable bonds is 4. The van der Waals surface area contributed by atoms with E-state index in [2.05, 4.69) is 11.9 Å². The van der Waals surface area contributed by atoms with E-state index in [0.717, 1.165) is 12.5 Å². The molecule has 0 aliphatic heterocycles. The first kappa shape index (κ1) is 12.9. The fourth-order valence-electron chi connectivity index (χ4n) is 2.57. The molecule has 2 atom stereocenters. The SMILES string of the molecule is CC1CCCC(COc2cc(C(=N)N)ccn2)C1. The van der Waals surface area contributed by atoms with Crippen LogP contribution in [-0.4, -0.2) is 17.4 Å². The second kappa shape index (κ2) is 5.85. The van der Waals surface area contributed by atoms with Crippen LogP contribution in [0.15, 0.2) is 18.3 Å². The smallest absolute Gasteiger partial charge is 0.213 e. The molecule has 0 saturated heterocycles. The normalized spacial score (nSPS) is 23.6. The number of hydrogen-bond donors (Lipinski definition) is 2. The van der Waals surface area contributed by atoms with Crippen molar-refractivity contribution in [1.29, 1.82) is 5.41 Å². The Labute approximate surface area is 108 Å². The molecule has 4 nitrogen and oxygen atoms in total. The van der Waals surface area contributed by atoms with E-state index >= 15 is 0 Å². The first-order valence-electron chi connectivity index (χ1n) is 6.58. The Morgan fingerprint density at radius 2 is 2.39 bits per heavy atom. The highest BCUT2D eigenvalue weighted by Gasteiger charge is 2.19. The van der Waals surface area contributed by atoms with Gasteiger partial charge in [-0.1, -0.05) is 19.8 Å². The number of nitrogens with one attached hydrogen (secondary N) is 1. The van der Waals surface area contributed by atoms with Gasteiger partial charge in [-0.2, -0.15) is 0 Å². The van der Waals surface area contributed by atoms with E-state index in [4.69, 9.17) is 15.9 Å². The topological polar surface area (TPSA) is 72.0 Å². The lowest BCUT2D eigenvalue weighted by atomic mass is 9.83. The van der Waals surface area contributed by atoms with Crippen molar-refractivity contribution in [3.63, 3.8) is 0 Å². The number of hydrogen-bond acceptors (Lipinski definition) is 3. The first-order valence-corrected chi connectivity index (χ1v) is 6.58. The Morgan fingerprint density at radius 3 is 3.11 bits per heavy atom. The number of nitrogens with zero attached hydrogens (tertiary/aromatic N) is 1. The highest BCUT2D eigenvalue weighted by atomic mass is 16.5. The number of pyridine rings is 1. The third-order valence-corrected chi connectivity index (χ3v) is 3.56. The molecule has 3 N–H and O–H groups in total. The van der Waals surface area contributed by atoms with E-state index in [1.807, 2.05) is 0 Å². The lowest BCUT2D eigenvalue weighted by Gasteiger charge is -2.26. The summed E-state index contributed by atoms with van der Waals surface area (Å²) in [5.41, 5.74) is 6.10. The van der Waals surface area contributed by atoms with Crippen LogP contribution in [0.3, 0.4) is 0 Å². The molecule has 98 valence electrons. The van der Waals surface area contributed by atoms with Gasteiger partial charge in [0.25, 0.3) is 0 Å². The van der Waals surface area contributed by atoms with Gasteiger partial charge in [-0.25, -0.2) is 4.98 Å². The molecule has 0 bridgehead atoms. The van der Waals surface area contributed by atoms with Gasteiger partial charge in [-0.3, -0.25) is 5.41 Å². The number of ether oxygens (including phenoxy) is 1. The lowest BCUT2D eigenvalue weighted by Crippen LogP contribution is -2.20. The quantitative estimate of drug-likeness (QED) is 0.634. The molecular formula is C14H21N3O. The minimum Gasteiger partial charge on any atom is -0.477 e. The summed E-state index contributed by atoms with van der Waals surface area (Å²) in [6.45, 7) is 3.03. The van der Waals surface area contributed by atoms with Crippen LogP contribution >= 0.6 is 0 Å². The number of nitrogen functional groups attached to an aromatic ring is 1. The second-order valence-electron chi connectivity index (χ2n) is 5.25. The molecule has 0 amide bonds. The van der Waals surface area contributed by atoms with E-state index in [-0.39, 0.29) is 5.84 Å². The average Bonchev–Trinajstić information content (AvgIpc) is 2.37. The van der Waals surface area contributed by atoms with Crippen molar-refractivity contribution in [2.45, 2.75) is 32.6 Å². The maximum absolute atomic E-state index is 7.38. The average molecular weight is 247 g/mol. The second-order valence-corrected chi connectivity index (χ2v) is 5.25. The zero-order valence-electron chi connectivity index (χ0n) is 10.9. The van der Waals surface area contributed by atoms with Gasteiger partial charge < -0.3 is 10.5 Å². The Bertz CT molecular complexity index is 419. The third-order valence-electron chi connectivity index (χ3n) is 3.56. The van der Waals surface area contributed by atoms with Gasteiger partial charge in [0.1, 0.15) is 5.84 Å². The van der Waals surface area contributed by atoms with Crippen LogP contribution < -0.4 is 10.5 Å². The molecule has 1 fully saturated rings. The molecule has 1 aromatic heterocycles. The Morgan fingerprint density at radius 1 is 1.56 bits per heavy atom. The standard InChI is InChI=1S/C14H21N3O/c1-10-3-2-4-11(7-10)9-18-13-8-12(14(15)16)5-6-17-13/h5-6,8,10-11H,2-4,7,9H2,1H3,(H3,15,16). The van der Waals surface area contributed by atoms with Crippen molar-refractivity contribution in [2.24, 2.45) is 17.6 Å². The van der Waals surface area contributed by atoms with Gasteiger partial charge in [-0.05, 0) is 30.7 Å². The fourth-order valence-corrected chi connectivity index (χ4v) is 2.57. The van der Waals surface area contributed by atoms with E-state index in [1.165, 1.54) is 25.7 Å². The minimum absolute atomic E-state index is 0.0496.